The first-order valence-electron chi connectivity index (χ1n) is 6.21. The number of nitro benzene ring substituents is 1. The molecule has 21 heavy (non-hydrogen) atoms. The lowest BCUT2D eigenvalue weighted by Gasteiger charge is -2.18. The quantitative estimate of drug-likeness (QED) is 0.663. The van der Waals surface area contributed by atoms with E-state index in [1.165, 1.54) is 19.2 Å². The number of hydrogen-bond donors (Lipinski definition) is 1. The Bertz CT molecular complexity index is 575. The summed E-state index contributed by atoms with van der Waals surface area (Å²) >= 11 is 5.77. The van der Waals surface area contributed by atoms with Crippen LogP contribution in [-0.2, 0) is 4.79 Å². The van der Waals surface area contributed by atoms with Gasteiger partial charge in [-0.25, -0.2) is 0 Å². The number of rotatable bonds is 5. The number of carbonyl (C=O) groups excluding carboxylic acids is 2. The molecule has 0 unspecified atom stereocenters. The summed E-state index contributed by atoms with van der Waals surface area (Å²) in [5.41, 5.74) is -0.493. The molecule has 0 heterocycles. The highest BCUT2D eigenvalue weighted by Gasteiger charge is 2.24. The maximum Gasteiger partial charge on any atom is 0.282 e. The van der Waals surface area contributed by atoms with E-state index in [-0.39, 0.29) is 34.8 Å². The van der Waals surface area contributed by atoms with Crippen LogP contribution < -0.4 is 5.32 Å². The minimum Gasteiger partial charge on any atom is -0.352 e. The van der Waals surface area contributed by atoms with Gasteiger partial charge in [-0.05, 0) is 26.0 Å². The van der Waals surface area contributed by atoms with Gasteiger partial charge in [-0.1, -0.05) is 11.6 Å². The summed E-state index contributed by atoms with van der Waals surface area (Å²) in [7, 11) is 1.40. The van der Waals surface area contributed by atoms with Crippen molar-refractivity contribution in [1.82, 2.24) is 10.2 Å². The molecule has 0 fully saturated rings. The summed E-state index contributed by atoms with van der Waals surface area (Å²) in [6.07, 6.45) is 0. The topological polar surface area (TPSA) is 92.6 Å². The predicted octanol–water partition coefficient (Wildman–Crippen LogP) is 1.84. The third-order valence-electron chi connectivity index (χ3n) is 2.56. The lowest BCUT2D eigenvalue weighted by atomic mass is 10.1. The molecule has 8 heteroatoms. The van der Waals surface area contributed by atoms with Gasteiger partial charge in [0.25, 0.3) is 11.6 Å². The van der Waals surface area contributed by atoms with Crippen LogP contribution in [0.3, 0.4) is 0 Å². The average Bonchev–Trinajstić information content (AvgIpc) is 2.36. The number of likely N-dealkylation sites (N-methyl/N-ethyl adjacent to an activating group) is 1. The molecule has 0 aliphatic rings. The Labute approximate surface area is 127 Å². The summed E-state index contributed by atoms with van der Waals surface area (Å²) < 4.78 is 0. The van der Waals surface area contributed by atoms with Crippen LogP contribution in [0.2, 0.25) is 5.02 Å². The van der Waals surface area contributed by atoms with E-state index in [1.807, 2.05) is 0 Å². The molecule has 0 radical (unpaired) electrons. The van der Waals surface area contributed by atoms with Gasteiger partial charge in [0.1, 0.15) is 5.56 Å². The molecule has 1 aromatic rings. The zero-order chi connectivity index (χ0) is 16.2. The van der Waals surface area contributed by atoms with E-state index in [4.69, 9.17) is 11.6 Å². The second-order valence-electron chi connectivity index (χ2n) is 4.80. The molecular formula is C13H16ClN3O4. The molecule has 1 rings (SSSR count). The highest BCUT2D eigenvalue weighted by molar-refractivity contribution is 6.31. The molecule has 0 bridgehead atoms. The first-order valence-corrected chi connectivity index (χ1v) is 6.59. The van der Waals surface area contributed by atoms with E-state index in [0.717, 1.165) is 11.0 Å². The summed E-state index contributed by atoms with van der Waals surface area (Å²) in [5, 5.41) is 13.8. The highest BCUT2D eigenvalue weighted by atomic mass is 35.5. The van der Waals surface area contributed by atoms with Gasteiger partial charge in [0.05, 0.1) is 11.5 Å². The Hall–Kier alpha value is -2.15. The summed E-state index contributed by atoms with van der Waals surface area (Å²) in [5.74, 6) is -0.978. The lowest BCUT2D eigenvalue weighted by molar-refractivity contribution is -0.385. The van der Waals surface area contributed by atoms with Gasteiger partial charge < -0.3 is 10.2 Å². The fourth-order valence-electron chi connectivity index (χ4n) is 1.70. The third-order valence-corrected chi connectivity index (χ3v) is 2.80. The zero-order valence-electron chi connectivity index (χ0n) is 11.9. The molecule has 0 saturated carbocycles. The molecule has 0 aliphatic heterocycles. The Morgan fingerprint density at radius 1 is 1.43 bits per heavy atom. The molecule has 1 aromatic carbocycles. The Morgan fingerprint density at radius 2 is 2.05 bits per heavy atom. The molecule has 0 aromatic heterocycles. The van der Waals surface area contributed by atoms with Crippen LogP contribution in [0, 0.1) is 10.1 Å². The maximum absolute atomic E-state index is 12.2. The summed E-state index contributed by atoms with van der Waals surface area (Å²) in [6.45, 7) is 3.39. The van der Waals surface area contributed by atoms with Crippen LogP contribution in [0.1, 0.15) is 24.2 Å². The van der Waals surface area contributed by atoms with Crippen molar-refractivity contribution in [3.63, 3.8) is 0 Å². The van der Waals surface area contributed by atoms with Crippen molar-refractivity contribution in [2.24, 2.45) is 0 Å². The molecule has 1 N–H and O–H groups in total. The standard InChI is InChI=1S/C13H16ClN3O4/c1-8(2)15-12(18)7-16(3)13(19)10-6-9(14)4-5-11(10)17(20)21/h4-6,8H,7H2,1-3H3,(H,15,18). The Morgan fingerprint density at radius 3 is 2.57 bits per heavy atom. The first-order chi connectivity index (χ1) is 9.72. The van der Waals surface area contributed by atoms with Gasteiger partial charge in [0.2, 0.25) is 5.91 Å². The molecule has 2 amide bonds. The average molecular weight is 314 g/mol. The van der Waals surface area contributed by atoms with E-state index in [1.54, 1.807) is 13.8 Å². The lowest BCUT2D eigenvalue weighted by Crippen LogP contribution is -2.41. The maximum atomic E-state index is 12.2. The van der Waals surface area contributed by atoms with Crippen LogP contribution in [0.25, 0.3) is 0 Å². The van der Waals surface area contributed by atoms with Crippen LogP contribution >= 0.6 is 11.6 Å². The SMILES string of the molecule is CC(C)NC(=O)CN(C)C(=O)c1cc(Cl)ccc1[N+](=O)[O-]. The molecule has 0 aliphatic carbocycles. The normalized spacial score (nSPS) is 10.3. The van der Waals surface area contributed by atoms with E-state index in [0.29, 0.717) is 0 Å². The molecule has 0 atom stereocenters. The van der Waals surface area contributed by atoms with E-state index >= 15 is 0 Å². The molecular weight excluding hydrogens is 298 g/mol. The number of benzene rings is 1. The third kappa shape index (κ3) is 4.71. The first kappa shape index (κ1) is 16.9. The number of amides is 2. The fourth-order valence-corrected chi connectivity index (χ4v) is 1.87. The number of carbonyl (C=O) groups is 2. The van der Waals surface area contributed by atoms with Crippen molar-refractivity contribution >= 4 is 29.1 Å². The molecule has 0 saturated heterocycles. The van der Waals surface area contributed by atoms with Crippen LogP contribution in [-0.4, -0.2) is 41.3 Å². The van der Waals surface area contributed by atoms with Gasteiger partial charge in [0.15, 0.2) is 0 Å². The van der Waals surface area contributed by atoms with Crippen molar-refractivity contribution in [3.05, 3.63) is 38.9 Å². The van der Waals surface area contributed by atoms with Gasteiger partial charge in [-0.15, -0.1) is 0 Å². The largest absolute Gasteiger partial charge is 0.352 e. The molecule has 7 nitrogen and oxygen atoms in total. The molecule has 0 spiro atoms. The second kappa shape index (κ2) is 7.03. The second-order valence-corrected chi connectivity index (χ2v) is 5.24. The van der Waals surface area contributed by atoms with Gasteiger partial charge in [-0.3, -0.25) is 19.7 Å². The van der Waals surface area contributed by atoms with E-state index in [2.05, 4.69) is 5.32 Å². The van der Waals surface area contributed by atoms with Crippen molar-refractivity contribution in [2.45, 2.75) is 19.9 Å². The number of nitrogens with zero attached hydrogens (tertiary/aromatic N) is 2. The number of nitro groups is 1. The predicted molar refractivity (Wildman–Crippen MR) is 78.3 cm³/mol. The van der Waals surface area contributed by atoms with Gasteiger partial charge in [-0.2, -0.15) is 0 Å². The monoisotopic (exact) mass is 313 g/mol. The highest BCUT2D eigenvalue weighted by Crippen LogP contribution is 2.23. The van der Waals surface area contributed by atoms with Crippen LogP contribution in [0.15, 0.2) is 18.2 Å². The minimum atomic E-state index is -0.661. The van der Waals surface area contributed by atoms with Crippen molar-refractivity contribution in [2.75, 3.05) is 13.6 Å². The number of nitrogens with one attached hydrogen (secondary N) is 1. The van der Waals surface area contributed by atoms with Crippen molar-refractivity contribution in [1.29, 1.82) is 0 Å². The van der Waals surface area contributed by atoms with Crippen LogP contribution in [0.5, 0.6) is 0 Å². The summed E-state index contributed by atoms with van der Waals surface area (Å²) in [6, 6.07) is 3.67. The zero-order valence-corrected chi connectivity index (χ0v) is 12.7. The Balaban J connectivity index is 2.95. The number of halogens is 1. The van der Waals surface area contributed by atoms with Gasteiger partial charge >= 0.3 is 0 Å². The summed E-state index contributed by atoms with van der Waals surface area (Å²) in [4.78, 5) is 35.2. The minimum absolute atomic E-state index is 0.0542. The van der Waals surface area contributed by atoms with Crippen molar-refractivity contribution in [3.8, 4) is 0 Å². The Kier molecular flexibility index (Phi) is 5.66. The van der Waals surface area contributed by atoms with E-state index < -0.39 is 10.8 Å². The smallest absolute Gasteiger partial charge is 0.282 e. The fraction of sp³-hybridized carbons (Fsp3) is 0.385. The van der Waals surface area contributed by atoms with Crippen LogP contribution in [0.4, 0.5) is 5.69 Å². The van der Waals surface area contributed by atoms with E-state index in [9.17, 15) is 19.7 Å². The molecule has 114 valence electrons. The number of hydrogen-bond acceptors (Lipinski definition) is 4. The van der Waals surface area contributed by atoms with Gasteiger partial charge in [0, 0.05) is 24.2 Å². The van der Waals surface area contributed by atoms with Crippen molar-refractivity contribution < 1.29 is 14.5 Å².